The molecule has 1 N–H and O–H groups in total. The van der Waals surface area contributed by atoms with Gasteiger partial charge in [0.15, 0.2) is 0 Å². The lowest BCUT2D eigenvalue weighted by atomic mass is 9.77. The number of nitrogens with zero attached hydrogens (tertiary/aromatic N) is 1. The fourth-order valence-electron chi connectivity index (χ4n) is 2.87. The second-order valence-electron chi connectivity index (χ2n) is 5.49. The van der Waals surface area contributed by atoms with E-state index in [1.165, 1.54) is 12.1 Å². The average molecular weight is 300 g/mol. The van der Waals surface area contributed by atoms with Crippen LogP contribution in [-0.2, 0) is 11.3 Å². The van der Waals surface area contributed by atoms with Crippen LogP contribution in [0.25, 0.3) is 0 Å². The zero-order valence-electron chi connectivity index (χ0n) is 11.5. The molecule has 0 bridgehead atoms. The van der Waals surface area contributed by atoms with Gasteiger partial charge in [-0.15, -0.1) is 0 Å². The predicted octanol–water partition coefficient (Wildman–Crippen LogP) is 3.56. The van der Waals surface area contributed by atoms with Crippen molar-refractivity contribution in [2.75, 3.05) is 13.1 Å². The Morgan fingerprint density at radius 2 is 2.30 bits per heavy atom. The van der Waals surface area contributed by atoms with Gasteiger partial charge in [0.05, 0.1) is 5.41 Å². The van der Waals surface area contributed by atoms with Crippen molar-refractivity contribution in [1.82, 2.24) is 4.90 Å². The fraction of sp³-hybridized carbons (Fsp3) is 0.533. The van der Waals surface area contributed by atoms with Crippen LogP contribution in [0.3, 0.4) is 0 Å². The molecule has 2 rings (SSSR count). The Morgan fingerprint density at radius 1 is 1.55 bits per heavy atom. The Labute approximate surface area is 123 Å². The third kappa shape index (κ3) is 3.13. The molecule has 1 aromatic rings. The van der Waals surface area contributed by atoms with Crippen molar-refractivity contribution in [1.29, 1.82) is 0 Å². The monoisotopic (exact) mass is 299 g/mol. The van der Waals surface area contributed by atoms with E-state index < -0.39 is 11.4 Å². The molecule has 0 aliphatic carbocycles. The summed E-state index contributed by atoms with van der Waals surface area (Å²) in [6.07, 6.45) is 2.20. The first kappa shape index (κ1) is 15.3. The second kappa shape index (κ2) is 6.10. The minimum Gasteiger partial charge on any atom is -0.481 e. The third-order valence-electron chi connectivity index (χ3n) is 4.20. The molecule has 1 heterocycles. The predicted molar refractivity (Wildman–Crippen MR) is 76.3 cm³/mol. The quantitative estimate of drug-likeness (QED) is 0.924. The highest BCUT2D eigenvalue weighted by molar-refractivity contribution is 6.31. The lowest BCUT2D eigenvalue weighted by molar-refractivity contribution is -0.153. The number of carboxylic acids is 1. The molecule has 1 atom stereocenters. The van der Waals surface area contributed by atoms with Crippen molar-refractivity contribution < 1.29 is 14.3 Å². The molecule has 0 amide bonds. The Hall–Kier alpha value is -1.13. The van der Waals surface area contributed by atoms with Crippen LogP contribution in [0.5, 0.6) is 0 Å². The van der Waals surface area contributed by atoms with Crippen LogP contribution in [0.4, 0.5) is 4.39 Å². The minimum absolute atomic E-state index is 0.356. The van der Waals surface area contributed by atoms with E-state index in [0.29, 0.717) is 31.0 Å². The van der Waals surface area contributed by atoms with Gasteiger partial charge in [-0.1, -0.05) is 24.6 Å². The molecule has 1 saturated heterocycles. The van der Waals surface area contributed by atoms with Crippen LogP contribution in [0, 0.1) is 11.2 Å². The van der Waals surface area contributed by atoms with Crippen molar-refractivity contribution in [3.8, 4) is 0 Å². The van der Waals surface area contributed by atoms with E-state index in [9.17, 15) is 14.3 Å². The number of benzene rings is 1. The summed E-state index contributed by atoms with van der Waals surface area (Å²) in [4.78, 5) is 13.6. The van der Waals surface area contributed by atoms with E-state index >= 15 is 0 Å². The van der Waals surface area contributed by atoms with Gasteiger partial charge in [0, 0.05) is 18.1 Å². The number of carbonyl (C=O) groups is 1. The molecule has 0 aromatic heterocycles. The van der Waals surface area contributed by atoms with Crippen LogP contribution >= 0.6 is 11.6 Å². The van der Waals surface area contributed by atoms with E-state index in [0.717, 1.165) is 18.5 Å². The number of rotatable bonds is 4. The zero-order valence-corrected chi connectivity index (χ0v) is 12.3. The van der Waals surface area contributed by atoms with Crippen LogP contribution in [0.15, 0.2) is 18.2 Å². The lowest BCUT2D eigenvalue weighted by Gasteiger charge is -2.39. The molecule has 1 fully saturated rings. The van der Waals surface area contributed by atoms with Gasteiger partial charge in [0.1, 0.15) is 5.82 Å². The van der Waals surface area contributed by atoms with Gasteiger partial charge in [0.2, 0.25) is 0 Å². The topological polar surface area (TPSA) is 40.5 Å². The van der Waals surface area contributed by atoms with E-state index in [-0.39, 0.29) is 5.82 Å². The summed E-state index contributed by atoms with van der Waals surface area (Å²) in [5, 5.41) is 9.86. The van der Waals surface area contributed by atoms with Crippen molar-refractivity contribution in [2.45, 2.75) is 32.7 Å². The van der Waals surface area contributed by atoms with Crippen LogP contribution < -0.4 is 0 Å². The number of likely N-dealkylation sites (tertiary alicyclic amines) is 1. The Bertz CT molecular complexity index is 509. The second-order valence-corrected chi connectivity index (χ2v) is 5.90. The Balaban J connectivity index is 2.11. The van der Waals surface area contributed by atoms with Gasteiger partial charge >= 0.3 is 5.97 Å². The maximum atomic E-state index is 13.0. The average Bonchev–Trinajstić information content (AvgIpc) is 2.42. The summed E-state index contributed by atoms with van der Waals surface area (Å²) in [7, 11) is 0. The highest BCUT2D eigenvalue weighted by Crippen LogP contribution is 2.34. The standard InChI is InChI=1S/C15H19ClFNO2/c1-2-15(14(19)20)6-3-7-18(10-15)9-11-4-5-12(17)8-13(11)16/h4-5,8H,2-3,6-7,9-10H2,1H3,(H,19,20). The minimum atomic E-state index is -0.727. The van der Waals surface area contributed by atoms with Gasteiger partial charge in [-0.05, 0) is 43.5 Å². The summed E-state index contributed by atoms with van der Waals surface area (Å²) in [5.74, 6) is -1.08. The molecule has 3 nitrogen and oxygen atoms in total. The molecule has 0 radical (unpaired) electrons. The highest BCUT2D eigenvalue weighted by Gasteiger charge is 2.40. The third-order valence-corrected chi connectivity index (χ3v) is 4.55. The smallest absolute Gasteiger partial charge is 0.310 e. The molecule has 5 heteroatoms. The molecule has 110 valence electrons. The largest absolute Gasteiger partial charge is 0.481 e. The van der Waals surface area contributed by atoms with E-state index in [4.69, 9.17) is 11.6 Å². The molecule has 0 saturated carbocycles. The highest BCUT2D eigenvalue weighted by atomic mass is 35.5. The molecule has 1 aliphatic heterocycles. The summed E-state index contributed by atoms with van der Waals surface area (Å²) in [5.41, 5.74) is 0.176. The molecular formula is C15H19ClFNO2. The van der Waals surface area contributed by atoms with Gasteiger partial charge in [-0.3, -0.25) is 9.69 Å². The summed E-state index contributed by atoms with van der Waals surface area (Å²) in [6, 6.07) is 4.35. The Kier molecular flexibility index (Phi) is 4.66. The normalized spacial score (nSPS) is 23.8. The zero-order chi connectivity index (χ0) is 14.8. The van der Waals surface area contributed by atoms with E-state index in [1.54, 1.807) is 6.07 Å². The van der Waals surface area contributed by atoms with E-state index in [1.807, 2.05) is 6.92 Å². The van der Waals surface area contributed by atoms with Crippen LogP contribution in [0.1, 0.15) is 31.7 Å². The van der Waals surface area contributed by atoms with Crippen LogP contribution in [0.2, 0.25) is 5.02 Å². The van der Waals surface area contributed by atoms with Crippen molar-refractivity contribution in [2.24, 2.45) is 5.41 Å². The number of halogens is 2. The van der Waals surface area contributed by atoms with Gasteiger partial charge in [0.25, 0.3) is 0 Å². The molecule has 1 unspecified atom stereocenters. The maximum Gasteiger partial charge on any atom is 0.310 e. The van der Waals surface area contributed by atoms with Crippen molar-refractivity contribution in [3.63, 3.8) is 0 Å². The van der Waals surface area contributed by atoms with Gasteiger partial charge in [-0.25, -0.2) is 4.39 Å². The number of aliphatic carboxylic acids is 1. The van der Waals surface area contributed by atoms with Crippen molar-refractivity contribution in [3.05, 3.63) is 34.6 Å². The summed E-state index contributed by atoms with van der Waals surface area (Å²) < 4.78 is 13.0. The number of hydrogen-bond donors (Lipinski definition) is 1. The first-order valence-electron chi connectivity index (χ1n) is 6.86. The maximum absolute atomic E-state index is 13.0. The van der Waals surface area contributed by atoms with Crippen LogP contribution in [-0.4, -0.2) is 29.1 Å². The van der Waals surface area contributed by atoms with E-state index in [2.05, 4.69) is 4.90 Å². The summed E-state index contributed by atoms with van der Waals surface area (Å²) >= 11 is 6.03. The van der Waals surface area contributed by atoms with Crippen molar-refractivity contribution >= 4 is 17.6 Å². The molecular weight excluding hydrogens is 281 g/mol. The summed E-state index contributed by atoms with van der Waals surface area (Å²) in [6.45, 7) is 3.85. The number of hydrogen-bond acceptors (Lipinski definition) is 2. The fourth-order valence-corrected chi connectivity index (χ4v) is 3.09. The first-order chi connectivity index (χ1) is 9.47. The molecule has 0 spiro atoms. The SMILES string of the molecule is CCC1(C(=O)O)CCCN(Cc2ccc(F)cc2Cl)C1. The molecule has 20 heavy (non-hydrogen) atoms. The Morgan fingerprint density at radius 3 is 2.90 bits per heavy atom. The molecule has 1 aliphatic rings. The number of piperidine rings is 1. The number of carboxylic acid groups (broad SMARTS) is 1. The van der Waals surface area contributed by atoms with Gasteiger partial charge < -0.3 is 5.11 Å². The first-order valence-corrected chi connectivity index (χ1v) is 7.24. The lowest BCUT2D eigenvalue weighted by Crippen LogP contribution is -2.47. The molecule has 1 aromatic carbocycles. The van der Waals surface area contributed by atoms with Gasteiger partial charge in [-0.2, -0.15) is 0 Å².